The molecule has 0 unspecified atom stereocenters. The van der Waals surface area contributed by atoms with Crippen molar-refractivity contribution in [3.05, 3.63) is 27.7 Å². The first kappa shape index (κ1) is 10.6. The topological polar surface area (TPSA) is 35.2 Å². The van der Waals surface area contributed by atoms with Gasteiger partial charge in [0.1, 0.15) is 5.75 Å². The molecule has 1 aromatic rings. The van der Waals surface area contributed by atoms with E-state index >= 15 is 0 Å². The van der Waals surface area contributed by atoms with Crippen LogP contribution in [0.5, 0.6) is 5.75 Å². The van der Waals surface area contributed by atoms with Crippen molar-refractivity contribution in [2.75, 3.05) is 13.2 Å². The lowest BCUT2D eigenvalue weighted by atomic mass is 9.64. The van der Waals surface area contributed by atoms with Crippen LogP contribution in [0.4, 0.5) is 0 Å². The Bertz CT molecular complexity index is 421. The van der Waals surface area contributed by atoms with Gasteiger partial charge in [-0.25, -0.2) is 0 Å². The van der Waals surface area contributed by atoms with E-state index in [-0.39, 0.29) is 5.41 Å². The summed E-state index contributed by atoms with van der Waals surface area (Å²) in [7, 11) is 0. The number of rotatable bonds is 2. The molecule has 1 aliphatic heterocycles. The minimum absolute atomic E-state index is 0.250. The molecule has 0 spiro atoms. The Morgan fingerprint density at radius 2 is 2.19 bits per heavy atom. The molecule has 1 fully saturated rings. The lowest BCUT2D eigenvalue weighted by Crippen LogP contribution is -2.41. The summed E-state index contributed by atoms with van der Waals surface area (Å²) in [5, 5.41) is 0. The summed E-state index contributed by atoms with van der Waals surface area (Å²) in [6.45, 7) is 1.58. The summed E-state index contributed by atoms with van der Waals surface area (Å²) in [6.07, 6.45) is 4.80. The third-order valence-electron chi connectivity index (χ3n) is 4.05. The number of halogens is 1. The van der Waals surface area contributed by atoms with Crippen LogP contribution in [0, 0.1) is 0 Å². The van der Waals surface area contributed by atoms with Gasteiger partial charge in [0.05, 0.1) is 11.1 Å². The van der Waals surface area contributed by atoms with E-state index in [9.17, 15) is 0 Å². The number of hydrogen-bond donors (Lipinski definition) is 1. The predicted octanol–water partition coefficient (Wildman–Crippen LogP) is 2.76. The van der Waals surface area contributed by atoms with Gasteiger partial charge in [-0.3, -0.25) is 0 Å². The average molecular weight is 282 g/mol. The molecule has 1 heterocycles. The smallest absolute Gasteiger partial charge is 0.136 e. The zero-order chi connectivity index (χ0) is 11.2. The van der Waals surface area contributed by atoms with Gasteiger partial charge in [-0.2, -0.15) is 0 Å². The zero-order valence-corrected chi connectivity index (χ0v) is 10.8. The molecule has 1 aromatic carbocycles. The molecule has 2 aliphatic rings. The quantitative estimate of drug-likeness (QED) is 0.905. The van der Waals surface area contributed by atoms with Crippen molar-refractivity contribution < 1.29 is 4.74 Å². The van der Waals surface area contributed by atoms with Gasteiger partial charge in [0.2, 0.25) is 0 Å². The molecule has 3 rings (SSSR count). The van der Waals surface area contributed by atoms with E-state index in [1.54, 1.807) is 0 Å². The number of benzene rings is 1. The summed E-state index contributed by atoms with van der Waals surface area (Å²) in [4.78, 5) is 0. The van der Waals surface area contributed by atoms with Crippen LogP contribution in [-0.2, 0) is 11.8 Å². The first-order valence-corrected chi connectivity index (χ1v) is 6.70. The SMILES string of the molecule is NCC1(c2cc(Br)c3c(c2)CCO3)CCC1. The van der Waals surface area contributed by atoms with Gasteiger partial charge >= 0.3 is 0 Å². The number of nitrogens with two attached hydrogens (primary N) is 1. The third kappa shape index (κ3) is 1.41. The van der Waals surface area contributed by atoms with Gasteiger partial charge in [0.15, 0.2) is 0 Å². The molecule has 0 bridgehead atoms. The predicted molar refractivity (Wildman–Crippen MR) is 67.9 cm³/mol. The fourth-order valence-electron chi connectivity index (χ4n) is 2.78. The van der Waals surface area contributed by atoms with Crippen molar-refractivity contribution >= 4 is 15.9 Å². The van der Waals surface area contributed by atoms with E-state index in [0.29, 0.717) is 0 Å². The third-order valence-corrected chi connectivity index (χ3v) is 4.64. The molecule has 0 saturated heterocycles. The van der Waals surface area contributed by atoms with Crippen LogP contribution in [0.25, 0.3) is 0 Å². The lowest BCUT2D eigenvalue weighted by Gasteiger charge is -2.41. The molecule has 0 amide bonds. The second kappa shape index (κ2) is 3.74. The van der Waals surface area contributed by atoms with E-state index in [4.69, 9.17) is 10.5 Å². The second-order valence-corrected chi connectivity index (χ2v) is 5.74. The van der Waals surface area contributed by atoms with E-state index in [1.807, 2.05) is 0 Å². The van der Waals surface area contributed by atoms with Crippen LogP contribution in [0.3, 0.4) is 0 Å². The molecule has 1 aliphatic carbocycles. The Hall–Kier alpha value is -0.540. The molecule has 86 valence electrons. The molecule has 3 heteroatoms. The Balaban J connectivity index is 2.05. The summed E-state index contributed by atoms with van der Waals surface area (Å²) in [5.41, 5.74) is 8.94. The number of ether oxygens (including phenoxy) is 1. The summed E-state index contributed by atoms with van der Waals surface area (Å²) in [6, 6.07) is 4.51. The minimum atomic E-state index is 0.250. The molecule has 0 aromatic heterocycles. The van der Waals surface area contributed by atoms with Gasteiger partial charge in [0.25, 0.3) is 0 Å². The molecule has 2 N–H and O–H groups in total. The van der Waals surface area contributed by atoms with Crippen LogP contribution in [0.2, 0.25) is 0 Å². The van der Waals surface area contributed by atoms with Crippen molar-refractivity contribution in [2.24, 2.45) is 5.73 Å². The van der Waals surface area contributed by atoms with Crippen molar-refractivity contribution in [1.29, 1.82) is 0 Å². The van der Waals surface area contributed by atoms with Crippen LogP contribution in [0.15, 0.2) is 16.6 Å². The molecule has 0 radical (unpaired) electrons. The maximum absolute atomic E-state index is 5.95. The van der Waals surface area contributed by atoms with Gasteiger partial charge in [-0.05, 0) is 46.0 Å². The normalized spacial score (nSPS) is 21.1. The molecule has 2 nitrogen and oxygen atoms in total. The van der Waals surface area contributed by atoms with Gasteiger partial charge < -0.3 is 10.5 Å². The number of fused-ring (bicyclic) bond motifs is 1. The minimum Gasteiger partial charge on any atom is -0.492 e. The maximum atomic E-state index is 5.95. The van der Waals surface area contributed by atoms with Gasteiger partial charge in [-0.15, -0.1) is 0 Å². The molecule has 1 saturated carbocycles. The van der Waals surface area contributed by atoms with Crippen molar-refractivity contribution in [3.8, 4) is 5.75 Å². The van der Waals surface area contributed by atoms with Crippen LogP contribution in [-0.4, -0.2) is 13.2 Å². The van der Waals surface area contributed by atoms with Crippen molar-refractivity contribution in [1.82, 2.24) is 0 Å². The fourth-order valence-corrected chi connectivity index (χ4v) is 3.40. The lowest BCUT2D eigenvalue weighted by molar-refractivity contribution is 0.252. The average Bonchev–Trinajstić information content (AvgIpc) is 2.65. The van der Waals surface area contributed by atoms with Crippen molar-refractivity contribution in [3.63, 3.8) is 0 Å². The molecule has 16 heavy (non-hydrogen) atoms. The molecule has 0 atom stereocenters. The highest BCUT2D eigenvalue weighted by molar-refractivity contribution is 9.10. The highest BCUT2D eigenvalue weighted by Crippen LogP contribution is 2.46. The fraction of sp³-hybridized carbons (Fsp3) is 0.538. The van der Waals surface area contributed by atoms with Crippen LogP contribution < -0.4 is 10.5 Å². The van der Waals surface area contributed by atoms with Crippen LogP contribution >= 0.6 is 15.9 Å². The summed E-state index contributed by atoms with van der Waals surface area (Å²) >= 11 is 3.61. The monoisotopic (exact) mass is 281 g/mol. The second-order valence-electron chi connectivity index (χ2n) is 4.88. The summed E-state index contributed by atoms with van der Waals surface area (Å²) < 4.78 is 6.70. The molecular formula is C13H16BrNO. The first-order chi connectivity index (χ1) is 7.75. The number of hydrogen-bond acceptors (Lipinski definition) is 2. The van der Waals surface area contributed by atoms with E-state index < -0.39 is 0 Å². The standard InChI is InChI=1S/C13H16BrNO/c14-11-7-10(13(8-15)3-1-4-13)6-9-2-5-16-12(9)11/h6-7H,1-5,8,15H2. The first-order valence-electron chi connectivity index (χ1n) is 5.91. The summed E-state index contributed by atoms with van der Waals surface area (Å²) in [5.74, 6) is 1.04. The molecular weight excluding hydrogens is 266 g/mol. The van der Waals surface area contributed by atoms with Crippen LogP contribution in [0.1, 0.15) is 30.4 Å². The van der Waals surface area contributed by atoms with E-state index in [0.717, 1.165) is 29.8 Å². The van der Waals surface area contributed by atoms with E-state index in [2.05, 4.69) is 28.1 Å². The Kier molecular flexibility index (Phi) is 2.48. The Morgan fingerprint density at radius 1 is 1.38 bits per heavy atom. The van der Waals surface area contributed by atoms with E-state index in [1.165, 1.54) is 30.4 Å². The van der Waals surface area contributed by atoms with Gasteiger partial charge in [0, 0.05) is 18.4 Å². The van der Waals surface area contributed by atoms with Gasteiger partial charge in [-0.1, -0.05) is 12.5 Å². The largest absolute Gasteiger partial charge is 0.492 e. The Morgan fingerprint density at radius 3 is 2.81 bits per heavy atom. The van der Waals surface area contributed by atoms with Crippen molar-refractivity contribution in [2.45, 2.75) is 31.1 Å². The maximum Gasteiger partial charge on any atom is 0.136 e. The highest BCUT2D eigenvalue weighted by Gasteiger charge is 2.38. The zero-order valence-electron chi connectivity index (χ0n) is 9.26. The Labute approximate surface area is 104 Å². The highest BCUT2D eigenvalue weighted by atomic mass is 79.9.